The highest BCUT2D eigenvalue weighted by Crippen LogP contribution is 2.36. The van der Waals surface area contributed by atoms with Crippen molar-refractivity contribution in [3.8, 4) is 51.2 Å². The fraction of sp³-hybridized carbons (Fsp3) is 0. The lowest BCUT2D eigenvalue weighted by atomic mass is 10.0. The Kier molecular flexibility index (Phi) is 6.05. The van der Waals surface area contributed by atoms with E-state index in [1.165, 1.54) is 0 Å². The minimum Gasteiger partial charge on any atom is -0.292 e. The Morgan fingerprint density at radius 2 is 0.884 bits per heavy atom. The Morgan fingerprint density at radius 3 is 1.53 bits per heavy atom. The molecule has 0 spiro atoms. The van der Waals surface area contributed by atoms with Gasteiger partial charge in [-0.3, -0.25) is 4.57 Å². The molecule has 0 radical (unpaired) electrons. The summed E-state index contributed by atoms with van der Waals surface area (Å²) in [5, 5.41) is 2.14. The van der Waals surface area contributed by atoms with Crippen molar-refractivity contribution in [1.29, 1.82) is 0 Å². The molecule has 6 aromatic carbocycles. The standard InChI is InChI=1S/C38H25N5/c1-4-14-26(15-5-1)35-40-36(27-16-6-2-7-17-27)42-37(41-35)31-24-25-33(30-21-11-10-20-29(30)31)43-34-23-13-12-22-32(34)39-38(43)28-18-8-3-9-19-28/h1-25H. The number of hydrogen-bond donors (Lipinski definition) is 0. The monoisotopic (exact) mass is 551 g/mol. The summed E-state index contributed by atoms with van der Waals surface area (Å²) < 4.78 is 2.26. The minimum absolute atomic E-state index is 0.634. The fourth-order valence-electron chi connectivity index (χ4n) is 5.65. The summed E-state index contributed by atoms with van der Waals surface area (Å²) in [5.41, 5.74) is 6.95. The maximum absolute atomic E-state index is 5.07. The van der Waals surface area contributed by atoms with Gasteiger partial charge in [0, 0.05) is 27.6 Å². The van der Waals surface area contributed by atoms with E-state index in [2.05, 4.69) is 83.4 Å². The lowest BCUT2D eigenvalue weighted by Crippen LogP contribution is -2.02. The van der Waals surface area contributed by atoms with E-state index in [1.54, 1.807) is 0 Å². The van der Waals surface area contributed by atoms with Crippen LogP contribution in [0.1, 0.15) is 0 Å². The molecular formula is C38H25N5. The van der Waals surface area contributed by atoms with Crippen molar-refractivity contribution in [2.24, 2.45) is 0 Å². The zero-order valence-electron chi connectivity index (χ0n) is 23.2. The molecule has 0 unspecified atom stereocenters. The summed E-state index contributed by atoms with van der Waals surface area (Å²) in [6.45, 7) is 0. The molecule has 0 amide bonds. The predicted octanol–water partition coefficient (Wildman–Crippen LogP) is 9.03. The van der Waals surface area contributed by atoms with Gasteiger partial charge < -0.3 is 0 Å². The number of rotatable bonds is 5. The van der Waals surface area contributed by atoms with Crippen molar-refractivity contribution < 1.29 is 0 Å². The first-order valence-corrected chi connectivity index (χ1v) is 14.3. The summed E-state index contributed by atoms with van der Waals surface area (Å²) in [6, 6.07) is 51.5. The molecular weight excluding hydrogens is 526 g/mol. The Balaban J connectivity index is 1.38. The predicted molar refractivity (Wildman–Crippen MR) is 174 cm³/mol. The molecule has 0 N–H and O–H groups in total. The summed E-state index contributed by atoms with van der Waals surface area (Å²) in [6.07, 6.45) is 0. The maximum Gasteiger partial charge on any atom is 0.164 e. The van der Waals surface area contributed by atoms with Gasteiger partial charge in [0.15, 0.2) is 17.5 Å². The molecule has 0 aliphatic rings. The maximum atomic E-state index is 5.07. The zero-order chi connectivity index (χ0) is 28.6. The molecule has 2 aromatic heterocycles. The fourth-order valence-corrected chi connectivity index (χ4v) is 5.65. The summed E-state index contributed by atoms with van der Waals surface area (Å²) in [5.74, 6) is 2.82. The second-order valence-electron chi connectivity index (χ2n) is 10.3. The van der Waals surface area contributed by atoms with E-state index in [0.717, 1.165) is 55.6 Å². The average Bonchev–Trinajstić information content (AvgIpc) is 3.48. The number of para-hydroxylation sites is 2. The van der Waals surface area contributed by atoms with Crippen molar-refractivity contribution in [3.63, 3.8) is 0 Å². The van der Waals surface area contributed by atoms with Crippen LogP contribution in [0.25, 0.3) is 73.0 Å². The molecule has 8 aromatic rings. The quantitative estimate of drug-likeness (QED) is 0.214. The molecule has 0 fully saturated rings. The van der Waals surface area contributed by atoms with Gasteiger partial charge >= 0.3 is 0 Å². The van der Waals surface area contributed by atoms with E-state index in [-0.39, 0.29) is 0 Å². The van der Waals surface area contributed by atoms with Crippen molar-refractivity contribution >= 4 is 21.8 Å². The smallest absolute Gasteiger partial charge is 0.164 e. The van der Waals surface area contributed by atoms with E-state index in [0.29, 0.717) is 17.5 Å². The molecule has 0 aliphatic heterocycles. The number of aromatic nitrogens is 5. The Hall–Kier alpha value is -5.94. The third-order valence-corrected chi connectivity index (χ3v) is 7.68. The van der Waals surface area contributed by atoms with Crippen LogP contribution in [0.15, 0.2) is 152 Å². The van der Waals surface area contributed by atoms with Gasteiger partial charge in [0.25, 0.3) is 0 Å². The second-order valence-corrected chi connectivity index (χ2v) is 10.3. The molecule has 5 heteroatoms. The van der Waals surface area contributed by atoms with Gasteiger partial charge in [-0.25, -0.2) is 19.9 Å². The third kappa shape index (κ3) is 4.44. The summed E-state index contributed by atoms with van der Waals surface area (Å²) >= 11 is 0. The van der Waals surface area contributed by atoms with E-state index in [9.17, 15) is 0 Å². The number of hydrogen-bond acceptors (Lipinski definition) is 4. The van der Waals surface area contributed by atoms with E-state index in [1.807, 2.05) is 72.8 Å². The average molecular weight is 552 g/mol. The molecule has 0 bridgehead atoms. The normalized spacial score (nSPS) is 11.3. The van der Waals surface area contributed by atoms with Gasteiger partial charge in [-0.1, -0.05) is 127 Å². The van der Waals surface area contributed by atoms with Crippen LogP contribution in [0.5, 0.6) is 0 Å². The first-order valence-electron chi connectivity index (χ1n) is 14.3. The molecule has 43 heavy (non-hydrogen) atoms. The largest absolute Gasteiger partial charge is 0.292 e. The Morgan fingerprint density at radius 1 is 0.372 bits per heavy atom. The summed E-state index contributed by atoms with van der Waals surface area (Å²) in [7, 11) is 0. The van der Waals surface area contributed by atoms with Gasteiger partial charge in [0.1, 0.15) is 5.82 Å². The molecule has 0 saturated carbocycles. The highest BCUT2D eigenvalue weighted by molar-refractivity contribution is 6.02. The molecule has 0 aliphatic carbocycles. The number of fused-ring (bicyclic) bond motifs is 2. The SMILES string of the molecule is c1ccc(-c2nc(-c3ccccc3)nc(-c3ccc(-n4c(-c5ccccc5)nc5ccccc54)c4ccccc34)n2)cc1. The van der Waals surface area contributed by atoms with Gasteiger partial charge in [0.2, 0.25) is 0 Å². The molecule has 5 nitrogen and oxygen atoms in total. The number of benzene rings is 6. The molecule has 2 heterocycles. The Labute approximate surface area is 248 Å². The lowest BCUT2D eigenvalue weighted by Gasteiger charge is -2.15. The van der Waals surface area contributed by atoms with E-state index in [4.69, 9.17) is 19.9 Å². The molecule has 0 atom stereocenters. The minimum atomic E-state index is 0.634. The van der Waals surface area contributed by atoms with Crippen molar-refractivity contribution in [2.75, 3.05) is 0 Å². The first-order chi connectivity index (χ1) is 21.3. The van der Waals surface area contributed by atoms with Crippen molar-refractivity contribution in [2.45, 2.75) is 0 Å². The van der Waals surface area contributed by atoms with Crippen LogP contribution in [0, 0.1) is 0 Å². The second kappa shape index (κ2) is 10.5. The van der Waals surface area contributed by atoms with E-state index < -0.39 is 0 Å². The first kappa shape index (κ1) is 24.8. The number of imidazole rings is 1. The van der Waals surface area contributed by atoms with Gasteiger partial charge in [-0.05, 0) is 29.7 Å². The van der Waals surface area contributed by atoms with Crippen LogP contribution in [-0.2, 0) is 0 Å². The van der Waals surface area contributed by atoms with Crippen LogP contribution < -0.4 is 0 Å². The molecule has 202 valence electrons. The van der Waals surface area contributed by atoms with Gasteiger partial charge in [-0.2, -0.15) is 0 Å². The van der Waals surface area contributed by atoms with Crippen LogP contribution in [0.4, 0.5) is 0 Å². The topological polar surface area (TPSA) is 56.5 Å². The van der Waals surface area contributed by atoms with Crippen LogP contribution in [-0.4, -0.2) is 24.5 Å². The van der Waals surface area contributed by atoms with Crippen molar-refractivity contribution in [1.82, 2.24) is 24.5 Å². The highest BCUT2D eigenvalue weighted by Gasteiger charge is 2.19. The van der Waals surface area contributed by atoms with Crippen LogP contribution in [0.2, 0.25) is 0 Å². The van der Waals surface area contributed by atoms with E-state index >= 15 is 0 Å². The lowest BCUT2D eigenvalue weighted by molar-refractivity contribution is 1.07. The zero-order valence-corrected chi connectivity index (χ0v) is 23.2. The number of nitrogens with zero attached hydrogens (tertiary/aromatic N) is 5. The summed E-state index contributed by atoms with van der Waals surface area (Å²) in [4.78, 5) is 20.0. The van der Waals surface area contributed by atoms with Crippen LogP contribution in [0.3, 0.4) is 0 Å². The van der Waals surface area contributed by atoms with Gasteiger partial charge in [-0.15, -0.1) is 0 Å². The Bertz CT molecular complexity index is 2170. The molecule has 0 saturated heterocycles. The molecule has 8 rings (SSSR count). The van der Waals surface area contributed by atoms with Gasteiger partial charge in [0.05, 0.1) is 16.7 Å². The third-order valence-electron chi connectivity index (χ3n) is 7.68. The highest BCUT2D eigenvalue weighted by atomic mass is 15.1. The van der Waals surface area contributed by atoms with Crippen LogP contribution >= 0.6 is 0 Å². The van der Waals surface area contributed by atoms with Crippen molar-refractivity contribution in [3.05, 3.63) is 152 Å².